The van der Waals surface area contributed by atoms with E-state index in [9.17, 15) is 13.2 Å². The largest absolute Gasteiger partial charge is 0.497 e. The van der Waals surface area contributed by atoms with E-state index in [-0.39, 0.29) is 17.9 Å². The van der Waals surface area contributed by atoms with Crippen LogP contribution in [0, 0.1) is 0 Å². The highest BCUT2D eigenvalue weighted by molar-refractivity contribution is 7.93. The zero-order valence-electron chi connectivity index (χ0n) is 20.2. The first-order valence-corrected chi connectivity index (χ1v) is 13.3. The van der Waals surface area contributed by atoms with Crippen LogP contribution in [0.25, 0.3) is 0 Å². The quantitative estimate of drug-likeness (QED) is 0.478. The van der Waals surface area contributed by atoms with E-state index < -0.39 is 20.6 Å². The number of hydrogen-bond acceptors (Lipinski definition) is 7. The van der Waals surface area contributed by atoms with Gasteiger partial charge in [0.15, 0.2) is 14.6 Å². The van der Waals surface area contributed by atoms with E-state index in [1.165, 1.54) is 45.4 Å². The summed E-state index contributed by atoms with van der Waals surface area (Å²) in [6.07, 6.45) is 4.59. The third-order valence-electron chi connectivity index (χ3n) is 6.28. The number of carbonyl (C=O) groups is 1. The van der Waals surface area contributed by atoms with Crippen molar-refractivity contribution in [3.05, 3.63) is 54.1 Å². The van der Waals surface area contributed by atoms with Crippen molar-refractivity contribution in [1.29, 1.82) is 0 Å². The Morgan fingerprint density at radius 2 is 1.74 bits per heavy atom. The van der Waals surface area contributed by atoms with E-state index in [0.717, 1.165) is 18.7 Å². The fourth-order valence-electron chi connectivity index (χ4n) is 4.16. The Balaban J connectivity index is 1.74. The zero-order valence-corrected chi connectivity index (χ0v) is 21.0. The van der Waals surface area contributed by atoms with Gasteiger partial charge in [0.05, 0.1) is 25.2 Å². The van der Waals surface area contributed by atoms with Gasteiger partial charge in [0.1, 0.15) is 11.5 Å². The number of piperidine rings is 1. The van der Waals surface area contributed by atoms with Crippen LogP contribution in [0.4, 0.5) is 0 Å². The second-order valence-corrected chi connectivity index (χ2v) is 11.1. The van der Waals surface area contributed by atoms with Crippen molar-refractivity contribution in [1.82, 2.24) is 5.32 Å². The van der Waals surface area contributed by atoms with Crippen LogP contribution in [0.5, 0.6) is 11.5 Å². The van der Waals surface area contributed by atoms with E-state index in [0.29, 0.717) is 24.0 Å². The molecule has 1 saturated heterocycles. The van der Waals surface area contributed by atoms with Gasteiger partial charge in [-0.3, -0.25) is 4.79 Å². The first-order valence-electron chi connectivity index (χ1n) is 11.8. The topological polar surface area (TPSA) is 90.9 Å². The van der Waals surface area contributed by atoms with Gasteiger partial charge in [-0.15, -0.1) is 0 Å². The second-order valence-electron chi connectivity index (χ2n) is 8.73. The summed E-state index contributed by atoms with van der Waals surface area (Å²) in [5.41, 5.74) is 0.703. The Morgan fingerprint density at radius 3 is 2.32 bits per heavy atom. The van der Waals surface area contributed by atoms with Gasteiger partial charge in [0, 0.05) is 12.5 Å². The number of benzene rings is 2. The molecule has 1 fully saturated rings. The first kappa shape index (κ1) is 26.0. The van der Waals surface area contributed by atoms with Gasteiger partial charge in [-0.25, -0.2) is 8.42 Å². The Hall–Kier alpha value is -2.58. The van der Waals surface area contributed by atoms with E-state index >= 15 is 0 Å². The molecule has 1 aliphatic heterocycles. The van der Waals surface area contributed by atoms with Gasteiger partial charge in [-0.2, -0.15) is 0 Å². The molecule has 2 aromatic carbocycles. The molecule has 0 aliphatic carbocycles. The van der Waals surface area contributed by atoms with Crippen molar-refractivity contribution >= 4 is 15.8 Å². The van der Waals surface area contributed by atoms with Crippen molar-refractivity contribution in [2.45, 2.75) is 61.6 Å². The number of carbonyl (C=O) groups excluding carboxylic acids is 1. The second kappa shape index (κ2) is 11.7. The minimum absolute atomic E-state index is 0.0214. The maximum absolute atomic E-state index is 13.6. The summed E-state index contributed by atoms with van der Waals surface area (Å²) >= 11 is 0. The van der Waals surface area contributed by atoms with Crippen LogP contribution in [0.3, 0.4) is 0 Å². The highest BCUT2D eigenvalue weighted by atomic mass is 32.2. The maximum Gasteiger partial charge on any atom is 0.327 e. The van der Waals surface area contributed by atoms with Crippen molar-refractivity contribution in [3.8, 4) is 11.5 Å². The summed E-state index contributed by atoms with van der Waals surface area (Å²) in [7, 11) is -2.54. The predicted molar refractivity (Wildman–Crippen MR) is 131 cm³/mol. The molecule has 3 rings (SSSR count). The maximum atomic E-state index is 13.6. The van der Waals surface area contributed by atoms with Gasteiger partial charge in [-0.1, -0.05) is 18.6 Å². The number of methoxy groups -OCH3 is 1. The van der Waals surface area contributed by atoms with Gasteiger partial charge in [0.25, 0.3) is 0 Å². The predicted octanol–water partition coefficient (Wildman–Crippen LogP) is 3.94. The van der Waals surface area contributed by atoms with E-state index in [4.69, 9.17) is 14.2 Å². The van der Waals surface area contributed by atoms with Crippen LogP contribution in [0.2, 0.25) is 0 Å². The standard InChI is InChI=1S/C26H35NO6S/c1-4-32-25(28)26(2,34(29,30)24-14-12-22(31-3)13-15-24)19-20-8-10-23(11-9-20)33-18-16-21-7-5-6-17-27-21/h8-15,21,27H,4-7,16-19H2,1-3H3. The van der Waals surface area contributed by atoms with Crippen LogP contribution < -0.4 is 14.8 Å². The van der Waals surface area contributed by atoms with E-state index in [1.54, 1.807) is 31.2 Å². The summed E-state index contributed by atoms with van der Waals surface area (Å²) in [5, 5.41) is 3.51. The Kier molecular flexibility index (Phi) is 8.97. The molecule has 34 heavy (non-hydrogen) atoms. The molecule has 0 spiro atoms. The Bertz CT molecular complexity index is 1030. The minimum Gasteiger partial charge on any atom is -0.497 e. The molecular formula is C26H35NO6S. The van der Waals surface area contributed by atoms with E-state index in [1.807, 2.05) is 12.1 Å². The molecule has 2 atom stereocenters. The van der Waals surface area contributed by atoms with Crippen LogP contribution in [-0.4, -0.2) is 52.0 Å². The van der Waals surface area contributed by atoms with E-state index in [2.05, 4.69) is 5.32 Å². The fourth-order valence-corrected chi connectivity index (χ4v) is 5.81. The minimum atomic E-state index is -4.05. The van der Waals surface area contributed by atoms with Gasteiger partial charge < -0.3 is 19.5 Å². The molecule has 0 aromatic heterocycles. The average Bonchev–Trinajstić information content (AvgIpc) is 2.85. The number of hydrogen-bond donors (Lipinski definition) is 1. The molecule has 8 heteroatoms. The third kappa shape index (κ3) is 6.10. The van der Waals surface area contributed by atoms with Crippen LogP contribution in [-0.2, 0) is 25.8 Å². The number of esters is 1. The molecular weight excluding hydrogens is 454 g/mol. The number of ether oxygens (including phenoxy) is 3. The molecule has 2 aromatic rings. The van der Waals surface area contributed by atoms with Crippen molar-refractivity contribution in [2.75, 3.05) is 26.9 Å². The molecule has 1 aliphatic rings. The number of nitrogens with one attached hydrogen (secondary N) is 1. The summed E-state index contributed by atoms with van der Waals surface area (Å²) < 4.78 is 41.5. The molecule has 1 heterocycles. The SMILES string of the molecule is CCOC(=O)C(C)(Cc1ccc(OCCC2CCCCN2)cc1)S(=O)(=O)c1ccc(OC)cc1. The molecule has 0 bridgehead atoms. The monoisotopic (exact) mass is 489 g/mol. The number of rotatable bonds is 11. The lowest BCUT2D eigenvalue weighted by Gasteiger charge is -2.27. The molecule has 0 amide bonds. The molecule has 0 saturated carbocycles. The van der Waals surface area contributed by atoms with Gasteiger partial charge in [-0.05, 0) is 81.6 Å². The van der Waals surface area contributed by atoms with Crippen LogP contribution in [0.1, 0.15) is 45.1 Å². The summed E-state index contributed by atoms with van der Waals surface area (Å²) in [5.74, 6) is 0.480. The molecule has 1 N–H and O–H groups in total. The summed E-state index contributed by atoms with van der Waals surface area (Å²) in [4.78, 5) is 13.0. The lowest BCUT2D eigenvalue weighted by molar-refractivity contribution is -0.145. The first-order chi connectivity index (χ1) is 16.3. The highest BCUT2D eigenvalue weighted by Crippen LogP contribution is 2.32. The van der Waals surface area contributed by atoms with Gasteiger partial charge >= 0.3 is 5.97 Å². The summed E-state index contributed by atoms with van der Waals surface area (Å²) in [6, 6.07) is 13.8. The van der Waals surface area contributed by atoms with Gasteiger partial charge in [0.2, 0.25) is 0 Å². The Labute approximate surface area is 202 Å². The summed E-state index contributed by atoms with van der Waals surface area (Å²) in [6.45, 7) is 4.86. The van der Waals surface area contributed by atoms with Crippen molar-refractivity contribution < 1.29 is 27.4 Å². The molecule has 0 radical (unpaired) electrons. The lowest BCUT2D eigenvalue weighted by Crippen LogP contribution is -2.46. The van der Waals surface area contributed by atoms with Crippen LogP contribution in [0.15, 0.2) is 53.4 Å². The highest BCUT2D eigenvalue weighted by Gasteiger charge is 2.48. The fraction of sp³-hybridized carbons (Fsp3) is 0.500. The molecule has 186 valence electrons. The van der Waals surface area contributed by atoms with Crippen molar-refractivity contribution in [2.24, 2.45) is 0 Å². The molecule has 7 nitrogen and oxygen atoms in total. The number of sulfone groups is 1. The molecule has 2 unspecified atom stereocenters. The smallest absolute Gasteiger partial charge is 0.327 e. The third-order valence-corrected chi connectivity index (χ3v) is 8.67. The van der Waals surface area contributed by atoms with Crippen LogP contribution >= 0.6 is 0 Å². The van der Waals surface area contributed by atoms with Crippen molar-refractivity contribution in [3.63, 3.8) is 0 Å². The average molecular weight is 490 g/mol. The Morgan fingerprint density at radius 1 is 1.06 bits per heavy atom. The normalized spacial score (nSPS) is 18.0. The lowest BCUT2D eigenvalue weighted by atomic mass is 10.00. The zero-order chi connectivity index (χ0) is 24.6.